The molecule has 0 aromatic heterocycles. The smallest absolute Gasteiger partial charge is 0.409 e. The van der Waals surface area contributed by atoms with E-state index in [4.69, 9.17) is 4.74 Å². The average molecular weight is 327 g/mol. The van der Waals surface area contributed by atoms with Crippen molar-refractivity contribution in [3.05, 3.63) is 0 Å². The molecule has 23 heavy (non-hydrogen) atoms. The van der Waals surface area contributed by atoms with Gasteiger partial charge < -0.3 is 14.9 Å². The predicted molar refractivity (Wildman–Crippen MR) is 89.3 cm³/mol. The summed E-state index contributed by atoms with van der Waals surface area (Å²) in [6, 6.07) is -0.278. The highest BCUT2D eigenvalue weighted by Crippen LogP contribution is 2.42. The van der Waals surface area contributed by atoms with Gasteiger partial charge in [0, 0.05) is 0 Å². The van der Waals surface area contributed by atoms with Gasteiger partial charge in [0.15, 0.2) is 0 Å². The molecule has 1 amide bonds. The highest BCUT2D eigenvalue weighted by Gasteiger charge is 2.54. The van der Waals surface area contributed by atoms with Crippen LogP contribution in [0.1, 0.15) is 73.1 Å². The molecule has 1 aliphatic carbocycles. The molecule has 134 valence electrons. The van der Waals surface area contributed by atoms with E-state index in [9.17, 15) is 15.0 Å². The summed E-state index contributed by atoms with van der Waals surface area (Å²) in [6.45, 7) is 9.47. The first-order chi connectivity index (χ1) is 10.5. The summed E-state index contributed by atoms with van der Waals surface area (Å²) >= 11 is 0. The van der Waals surface area contributed by atoms with Gasteiger partial charge in [-0.1, -0.05) is 52.9 Å². The summed E-state index contributed by atoms with van der Waals surface area (Å²) < 4.78 is 6.06. The Labute approximate surface area is 140 Å². The molecule has 0 aromatic carbocycles. The number of aliphatic hydroxyl groups is 1. The van der Waals surface area contributed by atoms with Crippen LogP contribution >= 0.6 is 0 Å². The second-order valence-corrected chi connectivity index (χ2v) is 8.80. The van der Waals surface area contributed by atoms with Gasteiger partial charge in [-0.05, 0) is 31.6 Å². The Balaban J connectivity index is 2.25. The van der Waals surface area contributed by atoms with Gasteiger partial charge in [-0.25, -0.2) is 4.79 Å². The predicted octanol–water partition coefficient (Wildman–Crippen LogP) is 3.85. The van der Waals surface area contributed by atoms with Crippen LogP contribution in [-0.2, 0) is 4.74 Å². The maximum absolute atomic E-state index is 11.9. The van der Waals surface area contributed by atoms with Crippen LogP contribution in [0.5, 0.6) is 0 Å². The van der Waals surface area contributed by atoms with E-state index >= 15 is 0 Å². The molecule has 5 nitrogen and oxygen atoms in total. The molecule has 2 rings (SSSR count). The molecule has 2 fully saturated rings. The molecule has 2 N–H and O–H groups in total. The summed E-state index contributed by atoms with van der Waals surface area (Å²) in [5.41, 5.74) is -1.25. The van der Waals surface area contributed by atoms with Crippen molar-refractivity contribution in [2.45, 2.75) is 97.1 Å². The SMILES string of the molecule is CC(C)(C)C(O)[C@@H]1OC(C)(C)N(C(=O)O)[C@H]1CC1CCCCC1. The first kappa shape index (κ1) is 18.5. The van der Waals surface area contributed by atoms with E-state index in [2.05, 4.69) is 0 Å². The summed E-state index contributed by atoms with van der Waals surface area (Å²) in [6.07, 6.45) is 4.70. The van der Waals surface area contributed by atoms with Crippen molar-refractivity contribution in [2.75, 3.05) is 0 Å². The molecule has 2 aliphatic rings. The fourth-order valence-corrected chi connectivity index (χ4v) is 4.16. The molecule has 1 saturated heterocycles. The first-order valence-corrected chi connectivity index (χ1v) is 8.92. The fourth-order valence-electron chi connectivity index (χ4n) is 4.16. The van der Waals surface area contributed by atoms with Gasteiger partial charge in [-0.15, -0.1) is 0 Å². The average Bonchev–Trinajstić information content (AvgIpc) is 2.69. The van der Waals surface area contributed by atoms with Gasteiger partial charge in [0.1, 0.15) is 11.8 Å². The summed E-state index contributed by atoms with van der Waals surface area (Å²) in [4.78, 5) is 13.3. The number of ether oxygens (including phenoxy) is 1. The van der Waals surface area contributed by atoms with Crippen molar-refractivity contribution < 1.29 is 19.7 Å². The van der Waals surface area contributed by atoms with Crippen molar-refractivity contribution in [3.8, 4) is 0 Å². The molecule has 0 spiro atoms. The van der Waals surface area contributed by atoms with Crippen LogP contribution in [0, 0.1) is 11.3 Å². The van der Waals surface area contributed by atoms with E-state index in [-0.39, 0.29) is 11.5 Å². The Morgan fingerprint density at radius 1 is 1.26 bits per heavy atom. The van der Waals surface area contributed by atoms with Crippen molar-refractivity contribution in [1.82, 2.24) is 4.90 Å². The number of amides is 1. The zero-order chi connectivity index (χ0) is 17.4. The van der Waals surface area contributed by atoms with Crippen molar-refractivity contribution in [3.63, 3.8) is 0 Å². The number of hydrogen-bond donors (Lipinski definition) is 2. The van der Waals surface area contributed by atoms with Crippen LogP contribution in [-0.4, -0.2) is 45.2 Å². The minimum Gasteiger partial charge on any atom is -0.465 e. The van der Waals surface area contributed by atoms with E-state index in [1.165, 1.54) is 24.2 Å². The Morgan fingerprint density at radius 3 is 2.30 bits per heavy atom. The van der Waals surface area contributed by atoms with E-state index < -0.39 is 24.0 Å². The molecular weight excluding hydrogens is 294 g/mol. The van der Waals surface area contributed by atoms with Crippen LogP contribution < -0.4 is 0 Å². The number of carboxylic acid groups (broad SMARTS) is 1. The van der Waals surface area contributed by atoms with Gasteiger partial charge >= 0.3 is 6.09 Å². The van der Waals surface area contributed by atoms with Gasteiger partial charge in [0.05, 0.1) is 12.1 Å². The third-order valence-corrected chi connectivity index (χ3v) is 5.42. The number of nitrogens with zero attached hydrogens (tertiary/aromatic N) is 1. The minimum absolute atomic E-state index is 0.278. The highest BCUT2D eigenvalue weighted by atomic mass is 16.6. The molecule has 3 atom stereocenters. The van der Waals surface area contributed by atoms with Crippen LogP contribution in [0.25, 0.3) is 0 Å². The number of hydrogen-bond acceptors (Lipinski definition) is 3. The molecule has 5 heteroatoms. The fraction of sp³-hybridized carbons (Fsp3) is 0.944. The maximum Gasteiger partial charge on any atom is 0.409 e. The molecule has 0 aromatic rings. The molecule has 0 radical (unpaired) electrons. The Morgan fingerprint density at radius 2 is 1.83 bits per heavy atom. The normalized spacial score (nSPS) is 30.4. The second-order valence-electron chi connectivity index (χ2n) is 8.80. The number of aliphatic hydroxyl groups excluding tert-OH is 1. The molecule has 1 saturated carbocycles. The van der Waals surface area contributed by atoms with Crippen LogP contribution in [0.3, 0.4) is 0 Å². The van der Waals surface area contributed by atoms with Crippen LogP contribution in [0.15, 0.2) is 0 Å². The molecule has 1 unspecified atom stereocenters. The van der Waals surface area contributed by atoms with Gasteiger partial charge in [0.25, 0.3) is 0 Å². The Bertz CT molecular complexity index is 423. The molecule has 0 bridgehead atoms. The topological polar surface area (TPSA) is 70.0 Å². The molecule has 1 aliphatic heterocycles. The van der Waals surface area contributed by atoms with Gasteiger partial charge in [0.2, 0.25) is 0 Å². The van der Waals surface area contributed by atoms with Crippen molar-refractivity contribution >= 4 is 6.09 Å². The van der Waals surface area contributed by atoms with Crippen molar-refractivity contribution in [2.24, 2.45) is 11.3 Å². The second kappa shape index (κ2) is 6.60. The summed E-state index contributed by atoms with van der Waals surface area (Å²) in [5.74, 6) is 0.530. The lowest BCUT2D eigenvalue weighted by atomic mass is 9.79. The quantitative estimate of drug-likeness (QED) is 0.826. The lowest BCUT2D eigenvalue weighted by Crippen LogP contribution is -2.50. The highest BCUT2D eigenvalue weighted by molar-refractivity contribution is 5.67. The number of rotatable bonds is 3. The van der Waals surface area contributed by atoms with Gasteiger partial charge in [-0.2, -0.15) is 0 Å². The first-order valence-electron chi connectivity index (χ1n) is 8.92. The molecular formula is C18H33NO4. The zero-order valence-corrected chi connectivity index (χ0v) is 15.2. The van der Waals surface area contributed by atoms with Gasteiger partial charge in [-0.3, -0.25) is 4.90 Å². The Hall–Kier alpha value is -0.810. The van der Waals surface area contributed by atoms with Crippen molar-refractivity contribution in [1.29, 1.82) is 0 Å². The lowest BCUT2D eigenvalue weighted by molar-refractivity contribution is -0.120. The maximum atomic E-state index is 11.9. The summed E-state index contributed by atoms with van der Waals surface area (Å²) in [7, 11) is 0. The van der Waals surface area contributed by atoms with E-state index in [0.29, 0.717) is 5.92 Å². The third kappa shape index (κ3) is 4.00. The summed E-state index contributed by atoms with van der Waals surface area (Å²) in [5, 5.41) is 20.5. The third-order valence-electron chi connectivity index (χ3n) is 5.42. The zero-order valence-electron chi connectivity index (χ0n) is 15.2. The van der Waals surface area contributed by atoms with Crippen LogP contribution in [0.2, 0.25) is 0 Å². The lowest BCUT2D eigenvalue weighted by Gasteiger charge is -2.36. The minimum atomic E-state index is -0.959. The van der Waals surface area contributed by atoms with E-state index in [0.717, 1.165) is 19.3 Å². The van der Waals surface area contributed by atoms with E-state index in [1.54, 1.807) is 13.8 Å². The molecule has 1 heterocycles. The van der Waals surface area contributed by atoms with E-state index in [1.807, 2.05) is 20.8 Å². The largest absolute Gasteiger partial charge is 0.465 e. The van der Waals surface area contributed by atoms with Crippen LogP contribution in [0.4, 0.5) is 4.79 Å². The number of carbonyl (C=O) groups is 1. The Kier molecular flexibility index (Phi) is 5.31. The standard InChI is InChI=1S/C18H33NO4/c1-17(2,3)15(20)14-13(11-12-9-7-6-8-10-12)19(16(21)22)18(4,5)23-14/h12-15,20H,6-11H2,1-5H3,(H,21,22)/t13-,14+,15?/m0/s1. The monoisotopic (exact) mass is 327 g/mol.